The molecule has 1 saturated heterocycles. The summed E-state index contributed by atoms with van der Waals surface area (Å²) >= 11 is 0. The Morgan fingerprint density at radius 1 is 1.23 bits per heavy atom. The van der Waals surface area contributed by atoms with Gasteiger partial charge in [-0.2, -0.15) is 18.3 Å². The number of halogens is 3. The van der Waals surface area contributed by atoms with Crippen molar-refractivity contribution in [3.8, 4) is 0 Å². The third kappa shape index (κ3) is 5.08. The number of ether oxygens (including phenoxy) is 1. The van der Waals surface area contributed by atoms with Gasteiger partial charge in [0.25, 0.3) is 0 Å². The Morgan fingerprint density at radius 3 is 2.58 bits per heavy atom. The standard InChI is InChI=1S/C18H20F3N3O2/c19-18(20,21)15-3-1-13(2-4-15)9-17(25)23-16-10-22-24(12-16)11-14-5-7-26-8-6-14/h1-4,10,12,14H,5-9,11H2,(H,23,25). The van der Waals surface area contributed by atoms with Gasteiger partial charge >= 0.3 is 6.18 Å². The summed E-state index contributed by atoms with van der Waals surface area (Å²) in [4.78, 5) is 12.1. The molecule has 0 atom stereocenters. The molecule has 0 radical (unpaired) electrons. The lowest BCUT2D eigenvalue weighted by atomic mass is 10.0. The average molecular weight is 367 g/mol. The summed E-state index contributed by atoms with van der Waals surface area (Å²) in [6.45, 7) is 2.31. The number of carbonyl (C=O) groups excluding carboxylic acids is 1. The highest BCUT2D eigenvalue weighted by molar-refractivity contribution is 5.91. The minimum Gasteiger partial charge on any atom is -0.381 e. The van der Waals surface area contributed by atoms with Gasteiger partial charge in [0.1, 0.15) is 0 Å². The number of hydrogen-bond donors (Lipinski definition) is 1. The van der Waals surface area contributed by atoms with Gasteiger partial charge in [-0.05, 0) is 36.5 Å². The van der Waals surface area contributed by atoms with Crippen molar-refractivity contribution in [1.29, 1.82) is 0 Å². The normalized spacial score (nSPS) is 15.8. The first-order chi connectivity index (χ1) is 12.4. The zero-order chi connectivity index (χ0) is 18.6. The lowest BCUT2D eigenvalue weighted by Gasteiger charge is -2.21. The molecule has 0 spiro atoms. The van der Waals surface area contributed by atoms with Crippen LogP contribution in [0.2, 0.25) is 0 Å². The maximum atomic E-state index is 12.5. The van der Waals surface area contributed by atoms with Crippen molar-refractivity contribution >= 4 is 11.6 Å². The summed E-state index contributed by atoms with van der Waals surface area (Å²) in [7, 11) is 0. The molecule has 0 bridgehead atoms. The summed E-state index contributed by atoms with van der Waals surface area (Å²) < 4.78 is 44.8. The number of nitrogens with zero attached hydrogens (tertiary/aromatic N) is 2. The Kier molecular flexibility index (Phi) is 5.61. The molecule has 2 heterocycles. The second kappa shape index (κ2) is 7.90. The maximum Gasteiger partial charge on any atom is 0.416 e. The number of hydrogen-bond acceptors (Lipinski definition) is 3. The van der Waals surface area contributed by atoms with Crippen LogP contribution in [0.5, 0.6) is 0 Å². The second-order valence-corrected chi connectivity index (χ2v) is 6.43. The summed E-state index contributed by atoms with van der Waals surface area (Å²) in [6, 6.07) is 4.59. The van der Waals surface area contributed by atoms with Gasteiger partial charge in [0.15, 0.2) is 0 Å². The first kappa shape index (κ1) is 18.4. The molecule has 140 valence electrons. The van der Waals surface area contributed by atoms with Gasteiger partial charge in [0, 0.05) is 26.0 Å². The van der Waals surface area contributed by atoms with Crippen LogP contribution in [0.3, 0.4) is 0 Å². The monoisotopic (exact) mass is 367 g/mol. The van der Waals surface area contributed by atoms with Crippen LogP contribution >= 0.6 is 0 Å². The third-order valence-electron chi connectivity index (χ3n) is 4.35. The quantitative estimate of drug-likeness (QED) is 0.880. The van der Waals surface area contributed by atoms with Gasteiger partial charge in [-0.25, -0.2) is 0 Å². The molecule has 8 heteroatoms. The number of rotatable bonds is 5. The highest BCUT2D eigenvalue weighted by Crippen LogP contribution is 2.29. The minimum atomic E-state index is -4.38. The van der Waals surface area contributed by atoms with E-state index < -0.39 is 11.7 Å². The van der Waals surface area contributed by atoms with Crippen LogP contribution in [-0.4, -0.2) is 28.9 Å². The van der Waals surface area contributed by atoms with Crippen LogP contribution in [0.15, 0.2) is 36.7 Å². The number of benzene rings is 1. The van der Waals surface area contributed by atoms with Crippen molar-refractivity contribution in [2.75, 3.05) is 18.5 Å². The Morgan fingerprint density at radius 2 is 1.92 bits per heavy atom. The number of carbonyl (C=O) groups is 1. The van der Waals surface area contributed by atoms with Crippen molar-refractivity contribution < 1.29 is 22.7 Å². The third-order valence-corrected chi connectivity index (χ3v) is 4.35. The van der Waals surface area contributed by atoms with Gasteiger partial charge in [-0.3, -0.25) is 9.48 Å². The highest BCUT2D eigenvalue weighted by atomic mass is 19.4. The molecule has 26 heavy (non-hydrogen) atoms. The van der Waals surface area contributed by atoms with Crippen LogP contribution in [0, 0.1) is 5.92 Å². The van der Waals surface area contributed by atoms with Gasteiger partial charge in [0.05, 0.1) is 23.9 Å². The smallest absolute Gasteiger partial charge is 0.381 e. The second-order valence-electron chi connectivity index (χ2n) is 6.43. The molecular weight excluding hydrogens is 347 g/mol. The van der Waals surface area contributed by atoms with E-state index in [1.54, 1.807) is 17.1 Å². The molecule has 1 aromatic heterocycles. The molecule has 0 aliphatic carbocycles. The first-order valence-electron chi connectivity index (χ1n) is 8.46. The zero-order valence-electron chi connectivity index (χ0n) is 14.1. The van der Waals surface area contributed by atoms with Crippen LogP contribution in [0.25, 0.3) is 0 Å². The molecule has 1 aromatic carbocycles. The fourth-order valence-electron chi connectivity index (χ4n) is 2.92. The van der Waals surface area contributed by atoms with Gasteiger partial charge in [-0.1, -0.05) is 12.1 Å². The van der Waals surface area contributed by atoms with Gasteiger partial charge < -0.3 is 10.1 Å². The van der Waals surface area contributed by atoms with Crippen LogP contribution < -0.4 is 5.32 Å². The van der Waals surface area contributed by atoms with Crippen molar-refractivity contribution in [3.05, 3.63) is 47.8 Å². The number of amides is 1. The predicted octanol–water partition coefficient (Wildman–Crippen LogP) is 3.51. The molecule has 0 unspecified atom stereocenters. The van der Waals surface area contributed by atoms with E-state index in [0.717, 1.165) is 44.7 Å². The Balaban J connectivity index is 1.51. The van der Waals surface area contributed by atoms with Crippen molar-refractivity contribution in [3.63, 3.8) is 0 Å². The van der Waals surface area contributed by atoms with E-state index in [4.69, 9.17) is 4.74 Å². The van der Waals surface area contributed by atoms with Gasteiger partial charge in [0.2, 0.25) is 5.91 Å². The molecule has 1 amide bonds. The molecule has 3 rings (SSSR count). The number of aromatic nitrogens is 2. The van der Waals surface area contributed by atoms with E-state index in [9.17, 15) is 18.0 Å². The van der Waals surface area contributed by atoms with E-state index >= 15 is 0 Å². The molecule has 1 aliphatic rings. The Bertz CT molecular complexity index is 735. The van der Waals surface area contributed by atoms with Crippen LogP contribution in [-0.2, 0) is 28.7 Å². The molecule has 1 aliphatic heterocycles. The lowest BCUT2D eigenvalue weighted by Crippen LogP contribution is -2.20. The first-order valence-corrected chi connectivity index (χ1v) is 8.46. The zero-order valence-corrected chi connectivity index (χ0v) is 14.1. The van der Waals surface area contributed by atoms with Crippen molar-refractivity contribution in [1.82, 2.24) is 9.78 Å². The summed E-state index contributed by atoms with van der Waals surface area (Å²) in [5, 5.41) is 6.97. The summed E-state index contributed by atoms with van der Waals surface area (Å²) in [5.74, 6) is 0.217. The minimum absolute atomic E-state index is 0.00325. The van der Waals surface area contributed by atoms with E-state index in [2.05, 4.69) is 10.4 Å². The van der Waals surface area contributed by atoms with E-state index in [-0.39, 0.29) is 12.3 Å². The molecule has 5 nitrogen and oxygen atoms in total. The molecule has 1 fully saturated rings. The average Bonchev–Trinajstić information content (AvgIpc) is 3.02. The topological polar surface area (TPSA) is 56.2 Å². The Hall–Kier alpha value is -2.35. The largest absolute Gasteiger partial charge is 0.416 e. The van der Waals surface area contributed by atoms with Crippen molar-refractivity contribution in [2.45, 2.75) is 32.0 Å². The number of nitrogens with one attached hydrogen (secondary N) is 1. The Labute approximate surface area is 149 Å². The summed E-state index contributed by atoms with van der Waals surface area (Å²) in [5.41, 5.74) is 0.370. The lowest BCUT2D eigenvalue weighted by molar-refractivity contribution is -0.137. The fraction of sp³-hybridized carbons (Fsp3) is 0.444. The van der Waals surface area contributed by atoms with Crippen molar-refractivity contribution in [2.24, 2.45) is 5.92 Å². The van der Waals surface area contributed by atoms with Gasteiger partial charge in [-0.15, -0.1) is 0 Å². The highest BCUT2D eigenvalue weighted by Gasteiger charge is 2.30. The predicted molar refractivity (Wildman–Crippen MR) is 89.5 cm³/mol. The number of anilines is 1. The molecule has 1 N–H and O–H groups in total. The SMILES string of the molecule is O=C(Cc1ccc(C(F)(F)F)cc1)Nc1cnn(CC2CCOCC2)c1. The summed E-state index contributed by atoms with van der Waals surface area (Å²) in [6.07, 6.45) is 0.956. The van der Waals surface area contributed by atoms with E-state index in [1.807, 2.05) is 0 Å². The van der Waals surface area contributed by atoms with Crippen LogP contribution in [0.1, 0.15) is 24.0 Å². The van der Waals surface area contributed by atoms with E-state index in [0.29, 0.717) is 17.2 Å². The molecule has 2 aromatic rings. The molecular formula is C18H20F3N3O2. The fourth-order valence-corrected chi connectivity index (χ4v) is 2.92. The number of alkyl halides is 3. The maximum absolute atomic E-state index is 12.5. The van der Waals surface area contributed by atoms with Crippen LogP contribution in [0.4, 0.5) is 18.9 Å². The van der Waals surface area contributed by atoms with E-state index in [1.165, 1.54) is 12.1 Å². The molecule has 0 saturated carbocycles.